The highest BCUT2D eigenvalue weighted by atomic mass is 16.6. The maximum Gasteiger partial charge on any atom is 0.149 e. The van der Waals surface area contributed by atoms with E-state index in [-0.39, 0.29) is 24.4 Å². The van der Waals surface area contributed by atoms with Crippen LogP contribution in [-0.2, 0) is 18.9 Å². The van der Waals surface area contributed by atoms with E-state index in [2.05, 4.69) is 28.0 Å². The first-order chi connectivity index (χ1) is 19.7. The summed E-state index contributed by atoms with van der Waals surface area (Å²) in [7, 11) is 0. The monoisotopic (exact) mass is 541 g/mol. The van der Waals surface area contributed by atoms with Crippen molar-refractivity contribution in [2.45, 2.75) is 24.4 Å². The summed E-state index contributed by atoms with van der Waals surface area (Å²) < 4.78 is 34.3. The molecule has 0 N–H and O–H groups in total. The van der Waals surface area contributed by atoms with Crippen LogP contribution in [0.4, 0.5) is 11.4 Å². The van der Waals surface area contributed by atoms with Gasteiger partial charge >= 0.3 is 0 Å². The first kappa shape index (κ1) is 25.2. The molecule has 0 saturated carbocycles. The standard InChI is InChI=1S/C31H31N3O6/c32-12-29-30(39-23-6-1-4-21(10-23)33(13-25-17-35-25)14-26-18-36-26)8-3-9-31(29)40-24-7-2-5-22(11-24)34(15-27-19-37-27)16-28-20-38-28/h1-11,25-28H,13-20H2. The summed E-state index contributed by atoms with van der Waals surface area (Å²) in [5.41, 5.74) is 2.40. The van der Waals surface area contributed by atoms with Crippen LogP contribution in [0.25, 0.3) is 0 Å². The van der Waals surface area contributed by atoms with Crippen molar-refractivity contribution in [2.24, 2.45) is 0 Å². The molecule has 4 saturated heterocycles. The Hall–Kier alpha value is -3.81. The molecule has 9 heteroatoms. The molecule has 4 aliphatic heterocycles. The Morgan fingerprint density at radius 3 is 1.35 bits per heavy atom. The first-order valence-electron chi connectivity index (χ1n) is 13.8. The van der Waals surface area contributed by atoms with E-state index in [1.165, 1.54) is 0 Å². The van der Waals surface area contributed by atoms with Crippen molar-refractivity contribution >= 4 is 11.4 Å². The molecule has 3 aromatic rings. The molecular formula is C31H31N3O6. The second-order valence-electron chi connectivity index (χ2n) is 10.6. The van der Waals surface area contributed by atoms with Crippen LogP contribution in [0.15, 0.2) is 66.7 Å². The highest BCUT2D eigenvalue weighted by Crippen LogP contribution is 2.36. The van der Waals surface area contributed by atoms with Crippen molar-refractivity contribution in [2.75, 3.05) is 62.4 Å². The van der Waals surface area contributed by atoms with E-state index in [1.54, 1.807) is 12.1 Å². The lowest BCUT2D eigenvalue weighted by Gasteiger charge is -2.24. The highest BCUT2D eigenvalue weighted by molar-refractivity contribution is 5.58. The van der Waals surface area contributed by atoms with E-state index < -0.39 is 0 Å². The molecule has 206 valence electrons. The number of ether oxygens (including phenoxy) is 6. The zero-order valence-electron chi connectivity index (χ0n) is 22.1. The van der Waals surface area contributed by atoms with Gasteiger partial charge in [0.15, 0.2) is 0 Å². The Balaban J connectivity index is 1.09. The van der Waals surface area contributed by atoms with Crippen molar-refractivity contribution in [3.05, 3.63) is 72.3 Å². The van der Waals surface area contributed by atoms with E-state index in [0.29, 0.717) is 28.6 Å². The molecule has 4 atom stereocenters. The fourth-order valence-corrected chi connectivity index (χ4v) is 4.78. The number of anilines is 2. The van der Waals surface area contributed by atoms with E-state index >= 15 is 0 Å². The smallest absolute Gasteiger partial charge is 0.149 e. The molecule has 0 bridgehead atoms. The Morgan fingerprint density at radius 2 is 1.00 bits per heavy atom. The van der Waals surface area contributed by atoms with Gasteiger partial charge in [0.05, 0.1) is 50.8 Å². The van der Waals surface area contributed by atoms with Crippen LogP contribution in [0.2, 0.25) is 0 Å². The Kier molecular flexibility index (Phi) is 6.92. The van der Waals surface area contributed by atoms with Gasteiger partial charge in [-0.1, -0.05) is 18.2 Å². The molecule has 4 aliphatic rings. The number of hydrogen-bond donors (Lipinski definition) is 0. The number of rotatable bonds is 14. The molecule has 0 spiro atoms. The topological polar surface area (TPSA) is 98.8 Å². The largest absolute Gasteiger partial charge is 0.456 e. The van der Waals surface area contributed by atoms with Crippen LogP contribution < -0.4 is 19.3 Å². The highest BCUT2D eigenvalue weighted by Gasteiger charge is 2.32. The zero-order valence-corrected chi connectivity index (χ0v) is 22.1. The van der Waals surface area contributed by atoms with Crippen molar-refractivity contribution in [1.29, 1.82) is 5.26 Å². The molecule has 40 heavy (non-hydrogen) atoms. The predicted octanol–water partition coefficient (Wildman–Crippen LogP) is 4.35. The first-order valence-corrected chi connectivity index (χ1v) is 13.8. The van der Waals surface area contributed by atoms with Gasteiger partial charge in [0.2, 0.25) is 0 Å². The molecule has 0 radical (unpaired) electrons. The van der Waals surface area contributed by atoms with E-state index in [0.717, 1.165) is 64.0 Å². The van der Waals surface area contributed by atoms with Crippen molar-refractivity contribution in [3.63, 3.8) is 0 Å². The normalized spacial score (nSPS) is 23.6. The lowest BCUT2D eigenvalue weighted by Crippen LogP contribution is -2.31. The van der Waals surface area contributed by atoms with Crippen LogP contribution in [0.3, 0.4) is 0 Å². The van der Waals surface area contributed by atoms with Gasteiger partial charge in [-0.25, -0.2) is 0 Å². The molecule has 9 nitrogen and oxygen atoms in total. The number of benzene rings is 3. The summed E-state index contributed by atoms with van der Waals surface area (Å²) in [6.45, 7) is 6.43. The van der Waals surface area contributed by atoms with Gasteiger partial charge in [-0.05, 0) is 36.4 Å². The second-order valence-corrected chi connectivity index (χ2v) is 10.6. The summed E-state index contributed by atoms with van der Waals surface area (Å²) >= 11 is 0. The van der Waals surface area contributed by atoms with Gasteiger partial charge in [0.25, 0.3) is 0 Å². The van der Waals surface area contributed by atoms with Gasteiger partial charge in [-0.2, -0.15) is 5.26 Å². The molecule has 0 aliphatic carbocycles. The van der Waals surface area contributed by atoms with Gasteiger partial charge in [-0.3, -0.25) is 0 Å². The lowest BCUT2D eigenvalue weighted by atomic mass is 10.2. The molecule has 4 fully saturated rings. The number of hydrogen-bond acceptors (Lipinski definition) is 9. The third-order valence-corrected chi connectivity index (χ3v) is 7.23. The van der Waals surface area contributed by atoms with E-state index in [9.17, 15) is 5.26 Å². The van der Waals surface area contributed by atoms with Crippen LogP contribution in [-0.4, -0.2) is 77.0 Å². The van der Waals surface area contributed by atoms with Gasteiger partial charge in [0.1, 0.15) is 34.6 Å². The summed E-state index contributed by atoms with van der Waals surface area (Å²) in [6.07, 6.45) is 1.04. The summed E-state index contributed by atoms with van der Waals surface area (Å²) in [4.78, 5) is 4.54. The number of nitrogens with zero attached hydrogens (tertiary/aromatic N) is 3. The van der Waals surface area contributed by atoms with Crippen molar-refractivity contribution in [3.8, 4) is 29.1 Å². The van der Waals surface area contributed by atoms with Crippen LogP contribution >= 0.6 is 0 Å². The minimum Gasteiger partial charge on any atom is -0.456 e. The average molecular weight is 542 g/mol. The molecule has 0 amide bonds. The minimum atomic E-state index is 0.261. The molecule has 3 aromatic carbocycles. The Bertz CT molecular complexity index is 1270. The molecular weight excluding hydrogens is 510 g/mol. The average Bonchev–Trinajstić information content (AvgIpc) is 3.78. The minimum absolute atomic E-state index is 0.261. The quantitative estimate of drug-likeness (QED) is 0.276. The van der Waals surface area contributed by atoms with Crippen LogP contribution in [0, 0.1) is 11.3 Å². The predicted molar refractivity (Wildman–Crippen MR) is 148 cm³/mol. The van der Waals surface area contributed by atoms with Gasteiger partial charge < -0.3 is 38.2 Å². The lowest BCUT2D eigenvalue weighted by molar-refractivity contribution is 0.388. The maximum absolute atomic E-state index is 10.1. The Labute approximate surface area is 233 Å². The second kappa shape index (κ2) is 11.0. The molecule has 4 heterocycles. The third kappa shape index (κ3) is 6.49. The van der Waals surface area contributed by atoms with Crippen molar-refractivity contribution in [1.82, 2.24) is 0 Å². The van der Waals surface area contributed by atoms with Gasteiger partial charge in [-0.15, -0.1) is 0 Å². The summed E-state index contributed by atoms with van der Waals surface area (Å²) in [5, 5.41) is 10.1. The summed E-state index contributed by atoms with van der Waals surface area (Å²) in [5.74, 6) is 2.17. The fraction of sp³-hybridized carbons (Fsp3) is 0.387. The molecule has 7 rings (SSSR count). The van der Waals surface area contributed by atoms with Gasteiger partial charge in [0, 0.05) is 49.7 Å². The number of epoxide rings is 4. The number of nitriles is 1. The van der Waals surface area contributed by atoms with E-state index in [4.69, 9.17) is 28.4 Å². The zero-order chi connectivity index (χ0) is 26.9. The van der Waals surface area contributed by atoms with Crippen molar-refractivity contribution < 1.29 is 28.4 Å². The maximum atomic E-state index is 10.1. The third-order valence-electron chi connectivity index (χ3n) is 7.23. The summed E-state index contributed by atoms with van der Waals surface area (Å²) in [6, 6.07) is 23.5. The SMILES string of the molecule is N#Cc1c(Oc2cccc(N(CC3CO3)CC3CO3)c2)cccc1Oc1cccc(N(CC2CO2)CC2CO2)c1. The fourth-order valence-electron chi connectivity index (χ4n) is 4.78. The van der Waals surface area contributed by atoms with E-state index in [1.807, 2.05) is 42.5 Å². The van der Waals surface area contributed by atoms with Crippen LogP contribution in [0.1, 0.15) is 5.56 Å². The molecule has 0 aromatic heterocycles. The Morgan fingerprint density at radius 1 is 0.625 bits per heavy atom. The molecule has 4 unspecified atom stereocenters. The van der Waals surface area contributed by atoms with Crippen LogP contribution in [0.5, 0.6) is 23.0 Å².